The van der Waals surface area contributed by atoms with E-state index in [0.29, 0.717) is 0 Å². The van der Waals surface area contributed by atoms with Crippen LogP contribution < -0.4 is 0 Å². The predicted octanol–water partition coefficient (Wildman–Crippen LogP) is 16.4. The van der Waals surface area contributed by atoms with E-state index in [2.05, 4.69) is 237 Å². The van der Waals surface area contributed by atoms with Crippen LogP contribution in [0.5, 0.6) is 0 Å². The second kappa shape index (κ2) is 15.0. The summed E-state index contributed by atoms with van der Waals surface area (Å²) < 4.78 is 0. The van der Waals surface area contributed by atoms with Gasteiger partial charge in [-0.25, -0.2) is 0 Å². The molecule has 2 aliphatic carbocycles. The Morgan fingerprint density at radius 3 is 0.935 bits per heavy atom. The number of rotatable bonds is 7. The summed E-state index contributed by atoms with van der Waals surface area (Å²) in [4.78, 5) is 0. The Kier molecular flexibility index (Phi) is 8.75. The summed E-state index contributed by atoms with van der Waals surface area (Å²) in [5.41, 5.74) is 27.0. The molecule has 10 aromatic carbocycles. The minimum atomic E-state index is 0.131. The van der Waals surface area contributed by atoms with Gasteiger partial charge in [-0.15, -0.1) is 0 Å². The van der Waals surface area contributed by atoms with Crippen molar-refractivity contribution in [3.63, 3.8) is 0 Å². The van der Waals surface area contributed by atoms with Gasteiger partial charge in [0.25, 0.3) is 0 Å². The molecule has 1 atom stereocenters. The summed E-state index contributed by atoms with van der Waals surface area (Å²) in [7, 11) is 0. The van der Waals surface area contributed by atoms with E-state index in [1.807, 2.05) is 0 Å². The largest absolute Gasteiger partial charge is 0.0622 e. The Labute approximate surface area is 364 Å². The van der Waals surface area contributed by atoms with E-state index in [1.54, 1.807) is 0 Å². The quantitative estimate of drug-likeness (QED) is 0.151. The molecule has 2 aliphatic rings. The summed E-state index contributed by atoms with van der Waals surface area (Å²) in [5, 5.41) is 0. The van der Waals surface area contributed by atoms with E-state index in [1.165, 1.54) is 117 Å². The summed E-state index contributed by atoms with van der Waals surface area (Å²) in [6, 6.07) is 87.7. The van der Waals surface area contributed by atoms with E-state index in [9.17, 15) is 0 Å². The van der Waals surface area contributed by atoms with Gasteiger partial charge in [0.2, 0.25) is 0 Å². The summed E-state index contributed by atoms with van der Waals surface area (Å²) >= 11 is 0. The average Bonchev–Trinajstić information content (AvgIpc) is 3.89. The highest BCUT2D eigenvalue weighted by molar-refractivity contribution is 5.90. The summed E-state index contributed by atoms with van der Waals surface area (Å²) in [5.74, 6) is 0.131. The summed E-state index contributed by atoms with van der Waals surface area (Å²) in [6.45, 7) is 0. The molecule has 0 radical (unpaired) electrons. The Morgan fingerprint density at radius 2 is 0.532 bits per heavy atom. The SMILES string of the molecule is c1ccc(-c2cc(-c3ccccc3)cc(-c3ccc(C4c5ccc(-c6ccccc6)cc5-c5cc(-c6ccc7c(c6)-c6cc(-c8ccccc8)ccc6C7)ccc54)cc3)c2)cc1. The molecule has 0 heteroatoms. The standard InChI is InChI=1S/C62H42/c1-5-13-41(14-6-1)47-25-27-51-33-52-28-26-49(38-59(52)58(51)37-47)50-30-32-57-61(40-50)60-39-48(42-15-7-2-8-16-42)29-31-56(60)62(57)46-23-21-45(22-24-46)55-35-53(43-17-9-3-10-18-43)34-54(36-55)44-19-11-4-12-20-44/h1-32,34-40,62H,33H2. The molecule has 0 bridgehead atoms. The zero-order valence-corrected chi connectivity index (χ0v) is 34.3. The van der Waals surface area contributed by atoms with Gasteiger partial charge in [-0.3, -0.25) is 0 Å². The lowest BCUT2D eigenvalue weighted by Gasteiger charge is -2.17. The Bertz CT molecular complexity index is 3210. The molecule has 0 nitrogen and oxygen atoms in total. The van der Waals surface area contributed by atoms with Crippen LogP contribution in [-0.2, 0) is 6.42 Å². The number of hydrogen-bond acceptors (Lipinski definition) is 0. The molecule has 10 aromatic rings. The van der Waals surface area contributed by atoms with E-state index in [0.717, 1.165) is 6.42 Å². The minimum absolute atomic E-state index is 0.131. The Balaban J connectivity index is 0.940. The first-order valence-electron chi connectivity index (χ1n) is 21.7. The van der Waals surface area contributed by atoms with Crippen molar-refractivity contribution in [2.24, 2.45) is 0 Å². The van der Waals surface area contributed by atoms with Crippen LogP contribution in [-0.4, -0.2) is 0 Å². The highest BCUT2D eigenvalue weighted by atomic mass is 14.3. The fraction of sp³-hybridized carbons (Fsp3) is 0.0323. The molecular formula is C62H42. The molecule has 0 amide bonds. The number of fused-ring (bicyclic) bond motifs is 6. The van der Waals surface area contributed by atoms with Crippen molar-refractivity contribution in [2.45, 2.75) is 12.3 Å². The maximum atomic E-state index is 2.45. The van der Waals surface area contributed by atoms with Crippen molar-refractivity contribution in [3.8, 4) is 89.0 Å². The van der Waals surface area contributed by atoms with Gasteiger partial charge < -0.3 is 0 Å². The fourth-order valence-electron chi connectivity index (χ4n) is 10.0. The van der Waals surface area contributed by atoms with E-state index >= 15 is 0 Å². The van der Waals surface area contributed by atoms with Crippen molar-refractivity contribution in [1.29, 1.82) is 0 Å². The molecule has 1 unspecified atom stereocenters. The molecule has 0 spiro atoms. The first-order valence-corrected chi connectivity index (χ1v) is 21.7. The van der Waals surface area contributed by atoms with Crippen LogP contribution in [0.3, 0.4) is 0 Å². The first-order chi connectivity index (χ1) is 30.7. The van der Waals surface area contributed by atoms with Crippen LogP contribution in [0, 0.1) is 0 Å². The molecule has 62 heavy (non-hydrogen) atoms. The Morgan fingerprint density at radius 1 is 0.226 bits per heavy atom. The van der Waals surface area contributed by atoms with Gasteiger partial charge in [-0.05, 0) is 166 Å². The highest BCUT2D eigenvalue weighted by Gasteiger charge is 2.31. The van der Waals surface area contributed by atoms with Crippen LogP contribution >= 0.6 is 0 Å². The third-order valence-electron chi connectivity index (χ3n) is 13.2. The second-order valence-electron chi connectivity index (χ2n) is 16.8. The van der Waals surface area contributed by atoms with Gasteiger partial charge in [-0.1, -0.05) is 194 Å². The van der Waals surface area contributed by atoms with Crippen molar-refractivity contribution >= 4 is 0 Å². The smallest absolute Gasteiger partial charge is 0.0352 e. The predicted molar refractivity (Wildman–Crippen MR) is 260 cm³/mol. The molecule has 0 aromatic heterocycles. The van der Waals surface area contributed by atoms with E-state index in [-0.39, 0.29) is 5.92 Å². The third kappa shape index (κ3) is 6.40. The first kappa shape index (κ1) is 36.1. The second-order valence-corrected chi connectivity index (χ2v) is 16.8. The molecule has 290 valence electrons. The zero-order valence-electron chi connectivity index (χ0n) is 34.3. The highest BCUT2D eigenvalue weighted by Crippen LogP contribution is 2.51. The van der Waals surface area contributed by atoms with Crippen LogP contribution in [0.4, 0.5) is 0 Å². The van der Waals surface area contributed by atoms with Gasteiger partial charge >= 0.3 is 0 Å². The summed E-state index contributed by atoms with van der Waals surface area (Å²) in [6.07, 6.45) is 0.979. The van der Waals surface area contributed by atoms with Crippen molar-refractivity contribution < 1.29 is 0 Å². The normalized spacial score (nSPS) is 13.3. The van der Waals surface area contributed by atoms with Gasteiger partial charge in [0.05, 0.1) is 0 Å². The van der Waals surface area contributed by atoms with Gasteiger partial charge in [0, 0.05) is 5.92 Å². The fourth-order valence-corrected chi connectivity index (χ4v) is 10.0. The van der Waals surface area contributed by atoms with Crippen LogP contribution in [0.15, 0.2) is 237 Å². The van der Waals surface area contributed by atoms with Crippen LogP contribution in [0.1, 0.15) is 33.7 Å². The van der Waals surface area contributed by atoms with E-state index < -0.39 is 0 Å². The average molecular weight is 787 g/mol. The molecule has 0 N–H and O–H groups in total. The molecule has 12 rings (SSSR count). The lowest BCUT2D eigenvalue weighted by molar-refractivity contribution is 1.02. The van der Waals surface area contributed by atoms with E-state index in [4.69, 9.17) is 0 Å². The van der Waals surface area contributed by atoms with Gasteiger partial charge in [-0.2, -0.15) is 0 Å². The van der Waals surface area contributed by atoms with Crippen molar-refractivity contribution in [1.82, 2.24) is 0 Å². The maximum absolute atomic E-state index is 2.45. The van der Waals surface area contributed by atoms with Gasteiger partial charge in [0.1, 0.15) is 0 Å². The van der Waals surface area contributed by atoms with Crippen molar-refractivity contribution in [3.05, 3.63) is 264 Å². The topological polar surface area (TPSA) is 0 Å². The minimum Gasteiger partial charge on any atom is -0.0622 e. The lowest BCUT2D eigenvalue weighted by Crippen LogP contribution is -1.99. The lowest BCUT2D eigenvalue weighted by atomic mass is 9.87. The molecule has 0 saturated carbocycles. The molecule has 0 heterocycles. The number of hydrogen-bond donors (Lipinski definition) is 0. The number of benzene rings is 10. The monoisotopic (exact) mass is 786 g/mol. The maximum Gasteiger partial charge on any atom is 0.0352 e. The molecule has 0 saturated heterocycles. The van der Waals surface area contributed by atoms with Crippen LogP contribution in [0.25, 0.3) is 89.0 Å². The Hall–Kier alpha value is -7.80. The molecule has 0 fully saturated rings. The van der Waals surface area contributed by atoms with Crippen molar-refractivity contribution in [2.75, 3.05) is 0 Å². The third-order valence-corrected chi connectivity index (χ3v) is 13.2. The van der Waals surface area contributed by atoms with Gasteiger partial charge in [0.15, 0.2) is 0 Å². The zero-order chi connectivity index (χ0) is 41.0. The van der Waals surface area contributed by atoms with Crippen LogP contribution in [0.2, 0.25) is 0 Å². The molecule has 0 aliphatic heterocycles. The molecular weight excluding hydrogens is 745 g/mol.